The molecule has 3 rings (SSSR count). The molecule has 2 aromatic rings. The Kier molecular flexibility index (Phi) is 3.35. The zero-order valence-corrected chi connectivity index (χ0v) is 12.5. The minimum Gasteiger partial charge on any atom is -0.309 e. The van der Waals surface area contributed by atoms with Gasteiger partial charge in [0.25, 0.3) is 0 Å². The summed E-state index contributed by atoms with van der Waals surface area (Å²) in [4.78, 5) is 9.14. The number of rotatable bonds is 4. The van der Waals surface area contributed by atoms with Crippen LogP contribution >= 0.6 is 11.8 Å². The van der Waals surface area contributed by atoms with Gasteiger partial charge in [0.2, 0.25) is 0 Å². The van der Waals surface area contributed by atoms with Crippen LogP contribution in [0.25, 0.3) is 0 Å². The first-order valence-electron chi connectivity index (χ1n) is 6.49. The van der Waals surface area contributed by atoms with Crippen LogP contribution in [0.4, 0.5) is 5.82 Å². The van der Waals surface area contributed by atoms with E-state index in [0.717, 1.165) is 40.2 Å². The number of aryl methyl sites for hydroxylation is 1. The van der Waals surface area contributed by atoms with Crippen LogP contribution in [0.15, 0.2) is 10.2 Å². The van der Waals surface area contributed by atoms with E-state index in [1.807, 2.05) is 25.5 Å². The highest BCUT2D eigenvalue weighted by molar-refractivity contribution is 7.99. The van der Waals surface area contributed by atoms with Crippen molar-refractivity contribution in [3.63, 3.8) is 0 Å². The molecule has 1 fully saturated rings. The van der Waals surface area contributed by atoms with Gasteiger partial charge in [0.05, 0.1) is 0 Å². The van der Waals surface area contributed by atoms with Crippen LogP contribution in [0.3, 0.4) is 0 Å². The van der Waals surface area contributed by atoms with E-state index in [9.17, 15) is 0 Å². The van der Waals surface area contributed by atoms with Crippen LogP contribution < -0.4 is 11.3 Å². The van der Waals surface area contributed by atoms with E-state index in [4.69, 9.17) is 5.84 Å². The van der Waals surface area contributed by atoms with E-state index >= 15 is 0 Å². The zero-order chi connectivity index (χ0) is 14.3. The van der Waals surface area contributed by atoms with Crippen LogP contribution in [0.1, 0.15) is 36.0 Å². The van der Waals surface area contributed by atoms with Gasteiger partial charge in [-0.3, -0.25) is 0 Å². The molecular weight excluding hydrogens is 274 g/mol. The fourth-order valence-electron chi connectivity index (χ4n) is 1.84. The Labute approximate surface area is 121 Å². The molecule has 20 heavy (non-hydrogen) atoms. The molecule has 8 heteroatoms. The van der Waals surface area contributed by atoms with Crippen molar-refractivity contribution in [1.82, 2.24) is 24.7 Å². The number of nitrogens with zero attached hydrogens (tertiary/aromatic N) is 5. The van der Waals surface area contributed by atoms with E-state index in [2.05, 4.69) is 25.6 Å². The Morgan fingerprint density at radius 1 is 1.25 bits per heavy atom. The summed E-state index contributed by atoms with van der Waals surface area (Å²) in [5.41, 5.74) is 3.59. The molecule has 2 heterocycles. The predicted octanol–water partition coefficient (Wildman–Crippen LogP) is 1.54. The summed E-state index contributed by atoms with van der Waals surface area (Å²) in [6.07, 6.45) is 2.31. The van der Waals surface area contributed by atoms with Gasteiger partial charge >= 0.3 is 0 Å². The van der Waals surface area contributed by atoms with Crippen molar-refractivity contribution in [2.24, 2.45) is 12.9 Å². The van der Waals surface area contributed by atoms with Crippen molar-refractivity contribution < 1.29 is 0 Å². The van der Waals surface area contributed by atoms with Crippen LogP contribution in [0.5, 0.6) is 0 Å². The first-order chi connectivity index (χ1) is 9.60. The number of hydrogen-bond donors (Lipinski definition) is 2. The molecule has 1 aliphatic carbocycles. The minimum atomic E-state index is 0.475. The lowest BCUT2D eigenvalue weighted by Crippen LogP contribution is -2.13. The van der Waals surface area contributed by atoms with Crippen LogP contribution in [-0.2, 0) is 7.05 Å². The molecule has 0 unspecified atom stereocenters. The SMILES string of the molecule is Cc1c(NN)nc(C2CC2)nc1Sc1nnc(C)n1C. The van der Waals surface area contributed by atoms with Crippen molar-refractivity contribution in [2.75, 3.05) is 5.43 Å². The zero-order valence-electron chi connectivity index (χ0n) is 11.7. The lowest BCUT2D eigenvalue weighted by atomic mass is 10.3. The number of nitrogens with two attached hydrogens (primary N) is 1. The van der Waals surface area contributed by atoms with Crippen molar-refractivity contribution in [1.29, 1.82) is 0 Å². The summed E-state index contributed by atoms with van der Waals surface area (Å²) < 4.78 is 1.94. The third kappa shape index (κ3) is 2.36. The van der Waals surface area contributed by atoms with Crippen LogP contribution in [0.2, 0.25) is 0 Å². The van der Waals surface area contributed by atoms with Crippen LogP contribution in [-0.4, -0.2) is 24.7 Å². The first-order valence-corrected chi connectivity index (χ1v) is 7.30. The fraction of sp³-hybridized carbons (Fsp3) is 0.500. The molecule has 0 atom stereocenters. The number of nitrogen functional groups attached to an aromatic ring is 1. The van der Waals surface area contributed by atoms with Crippen LogP contribution in [0, 0.1) is 13.8 Å². The molecule has 0 aliphatic heterocycles. The highest BCUT2D eigenvalue weighted by atomic mass is 32.2. The molecule has 1 saturated carbocycles. The lowest BCUT2D eigenvalue weighted by molar-refractivity contribution is 0.762. The van der Waals surface area contributed by atoms with Gasteiger partial charge in [-0.15, -0.1) is 10.2 Å². The van der Waals surface area contributed by atoms with Gasteiger partial charge in [-0.05, 0) is 38.5 Å². The monoisotopic (exact) mass is 291 g/mol. The molecular formula is C12H17N7S. The van der Waals surface area contributed by atoms with E-state index in [0.29, 0.717) is 11.7 Å². The molecule has 0 aromatic carbocycles. The van der Waals surface area contributed by atoms with Gasteiger partial charge in [-0.2, -0.15) is 0 Å². The second-order valence-electron chi connectivity index (χ2n) is 4.97. The molecule has 0 saturated heterocycles. The summed E-state index contributed by atoms with van der Waals surface area (Å²) in [5.74, 6) is 8.45. The van der Waals surface area contributed by atoms with Gasteiger partial charge in [0.15, 0.2) is 5.16 Å². The van der Waals surface area contributed by atoms with E-state index in [1.165, 1.54) is 11.8 Å². The Morgan fingerprint density at radius 2 is 2.00 bits per heavy atom. The topological polar surface area (TPSA) is 94.5 Å². The molecule has 0 amide bonds. The Morgan fingerprint density at radius 3 is 2.55 bits per heavy atom. The Bertz CT molecular complexity index is 647. The van der Waals surface area contributed by atoms with Gasteiger partial charge < -0.3 is 9.99 Å². The number of hydrogen-bond acceptors (Lipinski definition) is 7. The lowest BCUT2D eigenvalue weighted by Gasteiger charge is -2.11. The van der Waals surface area contributed by atoms with E-state index < -0.39 is 0 Å². The molecule has 3 N–H and O–H groups in total. The van der Waals surface area contributed by atoms with Crippen molar-refractivity contribution in [3.8, 4) is 0 Å². The molecule has 1 aliphatic rings. The summed E-state index contributed by atoms with van der Waals surface area (Å²) in [6.45, 7) is 3.88. The number of hydrazine groups is 1. The molecule has 106 valence electrons. The van der Waals surface area contributed by atoms with Gasteiger partial charge in [0, 0.05) is 18.5 Å². The van der Waals surface area contributed by atoms with Crippen molar-refractivity contribution in [3.05, 3.63) is 17.2 Å². The predicted molar refractivity (Wildman–Crippen MR) is 76.4 cm³/mol. The highest BCUT2D eigenvalue weighted by Crippen LogP contribution is 2.40. The highest BCUT2D eigenvalue weighted by Gasteiger charge is 2.28. The smallest absolute Gasteiger partial charge is 0.197 e. The second kappa shape index (κ2) is 5.02. The van der Waals surface area contributed by atoms with Gasteiger partial charge in [-0.25, -0.2) is 15.8 Å². The maximum absolute atomic E-state index is 5.55. The number of anilines is 1. The maximum atomic E-state index is 5.55. The molecule has 2 aromatic heterocycles. The summed E-state index contributed by atoms with van der Waals surface area (Å²) in [5, 5.41) is 9.92. The molecule has 0 radical (unpaired) electrons. The quantitative estimate of drug-likeness (QED) is 0.501. The van der Waals surface area contributed by atoms with E-state index in [1.54, 1.807) is 0 Å². The second-order valence-corrected chi connectivity index (χ2v) is 5.93. The van der Waals surface area contributed by atoms with Crippen molar-refractivity contribution >= 4 is 17.6 Å². The Hall–Kier alpha value is -1.67. The normalized spacial score (nSPS) is 14.6. The van der Waals surface area contributed by atoms with E-state index in [-0.39, 0.29) is 0 Å². The Balaban J connectivity index is 1.99. The first kappa shape index (κ1) is 13.3. The average Bonchev–Trinajstić information content (AvgIpc) is 3.24. The molecule has 7 nitrogen and oxygen atoms in total. The largest absolute Gasteiger partial charge is 0.309 e. The summed E-state index contributed by atoms with van der Waals surface area (Å²) in [6, 6.07) is 0. The van der Waals surface area contributed by atoms with Gasteiger partial charge in [-0.1, -0.05) is 0 Å². The standard InChI is InChI=1S/C12H17N7S/c1-6-9(16-13)14-10(8-4-5-8)15-11(6)20-12-18-17-7(2)19(12)3/h8H,4-5,13H2,1-3H3,(H,14,15,16). The average molecular weight is 291 g/mol. The molecule has 0 spiro atoms. The van der Waals surface area contributed by atoms with Gasteiger partial charge in [0.1, 0.15) is 22.5 Å². The van der Waals surface area contributed by atoms with Crippen molar-refractivity contribution in [2.45, 2.75) is 42.8 Å². The third-order valence-electron chi connectivity index (χ3n) is 3.44. The summed E-state index contributed by atoms with van der Waals surface area (Å²) in [7, 11) is 1.94. The summed E-state index contributed by atoms with van der Waals surface area (Å²) >= 11 is 1.49. The fourth-order valence-corrected chi connectivity index (χ4v) is 2.75. The maximum Gasteiger partial charge on any atom is 0.197 e. The third-order valence-corrected chi connectivity index (χ3v) is 4.57. The number of aromatic nitrogens is 5. The number of nitrogens with one attached hydrogen (secondary N) is 1. The minimum absolute atomic E-state index is 0.475. The molecule has 0 bridgehead atoms.